The van der Waals surface area contributed by atoms with Crippen LogP contribution >= 0.6 is 24.0 Å². The van der Waals surface area contributed by atoms with Crippen LogP contribution in [0.1, 0.15) is 45.1 Å². The molecule has 2 N–H and O–H groups in total. The molecule has 1 heterocycles. The van der Waals surface area contributed by atoms with Crippen molar-refractivity contribution in [2.24, 2.45) is 0 Å². The van der Waals surface area contributed by atoms with Crippen LogP contribution in [0.5, 0.6) is 11.5 Å². The van der Waals surface area contributed by atoms with E-state index in [0.717, 1.165) is 89.8 Å². The van der Waals surface area contributed by atoms with Crippen LogP contribution in [-0.4, -0.2) is 35.2 Å². The third kappa shape index (κ3) is 6.52. The molecule has 7 heteroatoms. The maximum Gasteiger partial charge on any atom is 0.120 e. The Balaban J connectivity index is 0.00000361. The number of hydrogen-bond donors (Lipinski definition) is 2. The first-order valence-corrected chi connectivity index (χ1v) is 12.8. The molecule has 0 bridgehead atoms. The molecule has 192 valence electrons. The first kappa shape index (κ1) is 27.9. The van der Waals surface area contributed by atoms with Crippen LogP contribution in [0.2, 0.25) is 5.02 Å². The minimum absolute atomic E-state index is 0. The topological polar surface area (TPSA) is 57.6 Å². The molecule has 0 unspecified atom stereocenters. The molecule has 0 aliphatic heterocycles. The van der Waals surface area contributed by atoms with Gasteiger partial charge in [0.15, 0.2) is 0 Å². The van der Waals surface area contributed by atoms with Gasteiger partial charge in [-0.25, -0.2) is 4.98 Å². The van der Waals surface area contributed by atoms with Gasteiger partial charge in [-0.05, 0) is 80.5 Å². The lowest BCUT2D eigenvalue weighted by Crippen LogP contribution is -2.25. The molecule has 4 aromatic rings. The molecule has 0 aliphatic carbocycles. The van der Waals surface area contributed by atoms with E-state index in [2.05, 4.69) is 30.1 Å². The van der Waals surface area contributed by atoms with Crippen LogP contribution in [-0.2, 0) is 6.54 Å². The fourth-order valence-corrected chi connectivity index (χ4v) is 4.53. The number of phenols is 1. The van der Waals surface area contributed by atoms with Gasteiger partial charge in [-0.15, -0.1) is 12.4 Å². The summed E-state index contributed by atoms with van der Waals surface area (Å²) in [5.74, 6) is 1.09. The van der Waals surface area contributed by atoms with Crippen LogP contribution in [0.3, 0.4) is 0 Å². The molecular formula is C29H35Cl2N3O2. The second kappa shape index (κ2) is 13.0. The maximum atomic E-state index is 10.6. The predicted octanol–water partition coefficient (Wildman–Crippen LogP) is 8.32. The molecule has 0 saturated carbocycles. The predicted molar refractivity (Wildman–Crippen MR) is 155 cm³/mol. The Morgan fingerprint density at radius 3 is 2.36 bits per heavy atom. The fourth-order valence-electron chi connectivity index (χ4n) is 4.37. The summed E-state index contributed by atoms with van der Waals surface area (Å²) in [6, 6.07) is 17.4. The molecule has 0 aliphatic rings. The van der Waals surface area contributed by atoms with E-state index in [1.165, 1.54) is 0 Å². The number of halogens is 2. The standard InChI is InChI=1S/C29H34ClN3O2.ClH/c1-4-6-14-33(15-7-5-2)19-20-16-22(9-13-28(20)34)31-29-24-11-8-21(30)17-27(24)32-26-12-10-23(35-3)18-25(26)29;/h8-13,16-18,34H,4-7,14-15,19H2,1-3H3,(H,31,32);1H. The largest absolute Gasteiger partial charge is 0.508 e. The normalized spacial score (nSPS) is 11.1. The van der Waals surface area contributed by atoms with Gasteiger partial charge in [0.1, 0.15) is 11.5 Å². The van der Waals surface area contributed by atoms with Gasteiger partial charge in [0.05, 0.1) is 23.8 Å². The summed E-state index contributed by atoms with van der Waals surface area (Å²) in [6.07, 6.45) is 4.63. The molecule has 0 spiro atoms. The smallest absolute Gasteiger partial charge is 0.120 e. The third-order valence-electron chi connectivity index (χ3n) is 6.34. The van der Waals surface area contributed by atoms with Gasteiger partial charge in [-0.3, -0.25) is 4.90 Å². The third-order valence-corrected chi connectivity index (χ3v) is 6.58. The van der Waals surface area contributed by atoms with Gasteiger partial charge in [-0.2, -0.15) is 0 Å². The highest BCUT2D eigenvalue weighted by molar-refractivity contribution is 6.31. The number of aromatic hydroxyl groups is 1. The highest BCUT2D eigenvalue weighted by Crippen LogP contribution is 2.36. The van der Waals surface area contributed by atoms with E-state index in [4.69, 9.17) is 21.3 Å². The zero-order chi connectivity index (χ0) is 24.8. The van der Waals surface area contributed by atoms with Crippen molar-refractivity contribution in [2.75, 3.05) is 25.5 Å². The minimum Gasteiger partial charge on any atom is -0.508 e. The summed E-state index contributed by atoms with van der Waals surface area (Å²) in [5.41, 5.74) is 4.45. The Bertz CT molecular complexity index is 1300. The SMILES string of the molecule is CCCCN(CCCC)Cc1cc(Nc2c3ccc(Cl)cc3nc3ccc(OC)cc23)ccc1O.Cl. The van der Waals surface area contributed by atoms with Crippen molar-refractivity contribution in [2.45, 2.75) is 46.1 Å². The average molecular weight is 529 g/mol. The van der Waals surface area contributed by atoms with E-state index < -0.39 is 0 Å². The van der Waals surface area contributed by atoms with Crippen molar-refractivity contribution in [3.05, 3.63) is 65.2 Å². The molecule has 0 saturated heterocycles. The average Bonchev–Trinajstić information content (AvgIpc) is 2.86. The van der Waals surface area contributed by atoms with Gasteiger partial charge in [0.25, 0.3) is 0 Å². The zero-order valence-electron chi connectivity index (χ0n) is 21.2. The van der Waals surface area contributed by atoms with Gasteiger partial charge >= 0.3 is 0 Å². The molecule has 1 aromatic heterocycles. The van der Waals surface area contributed by atoms with Gasteiger partial charge in [0.2, 0.25) is 0 Å². The van der Waals surface area contributed by atoms with Crippen LogP contribution in [0.25, 0.3) is 21.8 Å². The first-order valence-electron chi connectivity index (χ1n) is 12.4. The summed E-state index contributed by atoms with van der Waals surface area (Å²) in [6.45, 7) is 7.22. The van der Waals surface area contributed by atoms with E-state index in [-0.39, 0.29) is 12.4 Å². The Morgan fingerprint density at radius 2 is 1.67 bits per heavy atom. The maximum absolute atomic E-state index is 10.6. The number of nitrogens with one attached hydrogen (secondary N) is 1. The molecule has 0 amide bonds. The molecular weight excluding hydrogens is 493 g/mol. The van der Waals surface area contributed by atoms with Crippen molar-refractivity contribution in [1.82, 2.24) is 9.88 Å². The van der Waals surface area contributed by atoms with E-state index in [1.54, 1.807) is 13.2 Å². The first-order chi connectivity index (χ1) is 17.0. The van der Waals surface area contributed by atoms with Crippen molar-refractivity contribution in [3.63, 3.8) is 0 Å². The van der Waals surface area contributed by atoms with E-state index >= 15 is 0 Å². The van der Waals surface area contributed by atoms with Crippen LogP contribution in [0.4, 0.5) is 11.4 Å². The van der Waals surface area contributed by atoms with E-state index in [1.807, 2.05) is 42.5 Å². The van der Waals surface area contributed by atoms with Crippen molar-refractivity contribution in [1.29, 1.82) is 0 Å². The Hall–Kier alpha value is -2.73. The van der Waals surface area contributed by atoms with Gasteiger partial charge in [-0.1, -0.05) is 38.3 Å². The number of aromatic nitrogens is 1. The van der Waals surface area contributed by atoms with Gasteiger partial charge in [0, 0.05) is 33.6 Å². The summed E-state index contributed by atoms with van der Waals surface area (Å²) >= 11 is 6.28. The number of benzene rings is 3. The van der Waals surface area contributed by atoms with E-state index in [9.17, 15) is 5.11 Å². The summed E-state index contributed by atoms with van der Waals surface area (Å²) in [7, 11) is 1.66. The van der Waals surface area contributed by atoms with Crippen molar-refractivity contribution < 1.29 is 9.84 Å². The van der Waals surface area contributed by atoms with Crippen molar-refractivity contribution in [3.8, 4) is 11.5 Å². The Kier molecular flexibility index (Phi) is 10.1. The Morgan fingerprint density at radius 1 is 0.917 bits per heavy atom. The molecule has 0 fully saturated rings. The molecule has 5 nitrogen and oxygen atoms in total. The number of anilines is 2. The number of rotatable bonds is 11. The summed E-state index contributed by atoms with van der Waals surface area (Å²) in [4.78, 5) is 7.26. The number of nitrogens with zero attached hydrogens (tertiary/aromatic N) is 2. The Labute approximate surface area is 224 Å². The minimum atomic E-state index is 0. The summed E-state index contributed by atoms with van der Waals surface area (Å²) in [5, 5.41) is 16.8. The van der Waals surface area contributed by atoms with Crippen LogP contribution < -0.4 is 10.1 Å². The zero-order valence-corrected chi connectivity index (χ0v) is 22.8. The lowest BCUT2D eigenvalue weighted by atomic mass is 10.1. The molecule has 4 rings (SSSR count). The molecule has 36 heavy (non-hydrogen) atoms. The number of ether oxygens (including phenoxy) is 1. The summed E-state index contributed by atoms with van der Waals surface area (Å²) < 4.78 is 5.49. The highest BCUT2D eigenvalue weighted by atomic mass is 35.5. The molecule has 0 radical (unpaired) electrons. The van der Waals surface area contributed by atoms with Crippen LogP contribution in [0.15, 0.2) is 54.6 Å². The number of pyridine rings is 1. The molecule has 3 aromatic carbocycles. The van der Waals surface area contributed by atoms with Gasteiger partial charge < -0.3 is 15.2 Å². The second-order valence-corrected chi connectivity index (χ2v) is 9.42. The lowest BCUT2D eigenvalue weighted by molar-refractivity contribution is 0.254. The van der Waals surface area contributed by atoms with Crippen LogP contribution in [0, 0.1) is 0 Å². The number of hydrogen-bond acceptors (Lipinski definition) is 5. The number of fused-ring (bicyclic) bond motifs is 2. The highest BCUT2D eigenvalue weighted by Gasteiger charge is 2.14. The van der Waals surface area contributed by atoms with Crippen molar-refractivity contribution >= 4 is 57.2 Å². The number of methoxy groups -OCH3 is 1. The number of unbranched alkanes of at least 4 members (excludes halogenated alkanes) is 2. The quantitative estimate of drug-likeness (QED) is 0.151. The van der Waals surface area contributed by atoms with E-state index in [0.29, 0.717) is 10.8 Å². The molecule has 0 atom stereocenters. The fraction of sp³-hybridized carbons (Fsp3) is 0.345. The second-order valence-electron chi connectivity index (χ2n) is 8.98. The monoisotopic (exact) mass is 527 g/mol. The number of phenolic OH excluding ortho intramolecular Hbond substituents is 1. The lowest BCUT2D eigenvalue weighted by Gasteiger charge is -2.23.